The van der Waals surface area contributed by atoms with Gasteiger partial charge in [-0.15, -0.1) is 0 Å². The monoisotopic (exact) mass is 512 g/mol. The van der Waals surface area contributed by atoms with Crippen LogP contribution in [-0.4, -0.2) is 32.3 Å². The fraction of sp³-hybridized carbons (Fsp3) is 0.273. The molecule has 186 valence electrons. The predicted octanol–water partition coefficient (Wildman–Crippen LogP) is 3.60. The number of halogens is 4. The summed E-state index contributed by atoms with van der Waals surface area (Å²) in [7, 11) is 1.10. The van der Waals surface area contributed by atoms with Crippen molar-refractivity contribution >= 4 is 29.2 Å². The average molecular weight is 513 g/mol. The Kier molecular flexibility index (Phi) is 7.54. The molecule has 2 aromatic carbocycles. The van der Waals surface area contributed by atoms with Gasteiger partial charge in [0.15, 0.2) is 0 Å². The van der Waals surface area contributed by atoms with Gasteiger partial charge in [0.25, 0.3) is 0 Å². The highest BCUT2D eigenvalue weighted by atomic mass is 35.5. The van der Waals surface area contributed by atoms with Gasteiger partial charge in [-0.05, 0) is 35.9 Å². The molecule has 1 atom stereocenters. The standard InChI is InChI=1S/C22H20ClF3N4O5/c1-12(18(31)32)10-30-20(33)28-19(29(21(30)34)11-13-3-5-14(23)6-4-13)27-15-7-8-17(35-2)16(9-15)22(24,25)26/h3-9,12H,10-11H2,1-2H3,(H,31,32)(H,27,28,33)/t12-/m0/s1. The smallest absolute Gasteiger partial charge is 0.420 e. The molecule has 35 heavy (non-hydrogen) atoms. The zero-order valence-corrected chi connectivity index (χ0v) is 19.2. The van der Waals surface area contributed by atoms with Crippen molar-refractivity contribution in [2.45, 2.75) is 26.2 Å². The van der Waals surface area contributed by atoms with Crippen LogP contribution in [-0.2, 0) is 24.1 Å². The number of carbonyl (C=O) groups is 1. The van der Waals surface area contributed by atoms with E-state index in [0.29, 0.717) is 15.2 Å². The quantitative estimate of drug-likeness (QED) is 0.474. The highest BCUT2D eigenvalue weighted by molar-refractivity contribution is 6.30. The molecule has 0 bridgehead atoms. The van der Waals surface area contributed by atoms with E-state index in [1.807, 2.05) is 0 Å². The second-order valence-electron chi connectivity index (χ2n) is 7.60. The summed E-state index contributed by atoms with van der Waals surface area (Å²) in [5.41, 5.74) is -2.54. The Balaban J connectivity index is 2.12. The maximum absolute atomic E-state index is 13.4. The van der Waals surface area contributed by atoms with Crippen LogP contribution in [0.4, 0.5) is 24.8 Å². The molecule has 0 amide bonds. The van der Waals surface area contributed by atoms with Crippen molar-refractivity contribution in [1.82, 2.24) is 14.1 Å². The Morgan fingerprint density at radius 2 is 1.83 bits per heavy atom. The van der Waals surface area contributed by atoms with Gasteiger partial charge in [-0.1, -0.05) is 30.7 Å². The Labute approximate surface area is 201 Å². The summed E-state index contributed by atoms with van der Waals surface area (Å²) in [6.45, 7) is 0.747. The van der Waals surface area contributed by atoms with Crippen LogP contribution < -0.4 is 21.4 Å². The summed E-state index contributed by atoms with van der Waals surface area (Å²) in [5.74, 6) is -3.03. The van der Waals surface area contributed by atoms with Gasteiger partial charge in [0, 0.05) is 17.3 Å². The van der Waals surface area contributed by atoms with Crippen LogP contribution in [0, 0.1) is 5.92 Å². The van der Waals surface area contributed by atoms with Crippen molar-refractivity contribution < 1.29 is 27.8 Å². The molecule has 0 spiro atoms. The van der Waals surface area contributed by atoms with E-state index in [2.05, 4.69) is 10.3 Å². The molecule has 3 rings (SSSR count). The van der Waals surface area contributed by atoms with E-state index in [0.717, 1.165) is 23.8 Å². The van der Waals surface area contributed by atoms with E-state index in [-0.39, 0.29) is 18.2 Å². The fourth-order valence-electron chi connectivity index (χ4n) is 3.18. The SMILES string of the molecule is COc1ccc(Nc2nc(=O)n(C[C@H](C)C(=O)O)c(=O)n2Cc2ccc(Cl)cc2)cc1C(F)(F)F. The first kappa shape index (κ1) is 25.8. The average Bonchev–Trinajstić information content (AvgIpc) is 2.79. The van der Waals surface area contributed by atoms with Crippen LogP contribution in [0.1, 0.15) is 18.1 Å². The van der Waals surface area contributed by atoms with Crippen molar-refractivity contribution in [1.29, 1.82) is 0 Å². The third-order valence-corrected chi connectivity index (χ3v) is 5.29. The summed E-state index contributed by atoms with van der Waals surface area (Å²) in [4.78, 5) is 40.8. The number of carboxylic acids is 1. The molecule has 2 N–H and O–H groups in total. The molecule has 13 heteroatoms. The molecule has 0 fully saturated rings. The predicted molar refractivity (Wildman–Crippen MR) is 121 cm³/mol. The highest BCUT2D eigenvalue weighted by Gasteiger charge is 2.34. The number of aromatic nitrogens is 3. The second kappa shape index (κ2) is 10.2. The molecule has 0 radical (unpaired) electrons. The van der Waals surface area contributed by atoms with Crippen LogP contribution in [0.5, 0.6) is 5.75 Å². The minimum atomic E-state index is -4.73. The maximum atomic E-state index is 13.4. The van der Waals surface area contributed by atoms with Crippen LogP contribution in [0.2, 0.25) is 5.02 Å². The number of anilines is 2. The van der Waals surface area contributed by atoms with Crippen molar-refractivity contribution in [3.63, 3.8) is 0 Å². The van der Waals surface area contributed by atoms with Crippen molar-refractivity contribution in [3.05, 3.63) is 79.6 Å². The van der Waals surface area contributed by atoms with Gasteiger partial charge in [-0.3, -0.25) is 9.36 Å². The number of carboxylic acid groups (broad SMARTS) is 1. The Morgan fingerprint density at radius 1 is 1.17 bits per heavy atom. The van der Waals surface area contributed by atoms with E-state index in [4.69, 9.17) is 21.4 Å². The van der Waals surface area contributed by atoms with Crippen LogP contribution >= 0.6 is 11.6 Å². The van der Waals surface area contributed by atoms with Crippen LogP contribution in [0.3, 0.4) is 0 Å². The number of rotatable bonds is 8. The number of benzene rings is 2. The molecule has 9 nitrogen and oxygen atoms in total. The maximum Gasteiger partial charge on any atom is 0.420 e. The van der Waals surface area contributed by atoms with Crippen LogP contribution in [0.25, 0.3) is 0 Å². The number of hydrogen-bond donors (Lipinski definition) is 2. The lowest BCUT2D eigenvalue weighted by Gasteiger charge is -2.18. The second-order valence-corrected chi connectivity index (χ2v) is 8.04. The molecule has 1 aromatic heterocycles. The molecule has 0 saturated heterocycles. The largest absolute Gasteiger partial charge is 0.496 e. The molecular weight excluding hydrogens is 493 g/mol. The Morgan fingerprint density at radius 3 is 2.40 bits per heavy atom. The number of nitrogens with zero attached hydrogens (tertiary/aromatic N) is 3. The van der Waals surface area contributed by atoms with Crippen molar-refractivity contribution in [3.8, 4) is 5.75 Å². The van der Waals surface area contributed by atoms with E-state index in [1.54, 1.807) is 24.3 Å². The van der Waals surface area contributed by atoms with E-state index in [1.165, 1.54) is 13.0 Å². The number of hydrogen-bond acceptors (Lipinski definition) is 6. The summed E-state index contributed by atoms with van der Waals surface area (Å²) in [6, 6.07) is 9.49. The summed E-state index contributed by atoms with van der Waals surface area (Å²) < 4.78 is 46.7. The van der Waals surface area contributed by atoms with Gasteiger partial charge in [0.05, 0.1) is 25.1 Å². The minimum Gasteiger partial charge on any atom is -0.496 e. The lowest BCUT2D eigenvalue weighted by atomic mass is 10.1. The van der Waals surface area contributed by atoms with Gasteiger partial charge in [0.2, 0.25) is 5.95 Å². The molecule has 0 unspecified atom stereocenters. The van der Waals surface area contributed by atoms with Gasteiger partial charge < -0.3 is 15.2 Å². The van der Waals surface area contributed by atoms with E-state index in [9.17, 15) is 27.6 Å². The van der Waals surface area contributed by atoms with Gasteiger partial charge >= 0.3 is 23.5 Å². The molecule has 0 aliphatic rings. The number of aliphatic carboxylic acids is 1. The van der Waals surface area contributed by atoms with E-state index >= 15 is 0 Å². The third kappa shape index (κ3) is 6.01. The normalized spacial score (nSPS) is 12.3. The highest BCUT2D eigenvalue weighted by Crippen LogP contribution is 2.38. The number of alkyl halides is 3. The Hall–Kier alpha value is -3.80. The van der Waals surface area contributed by atoms with Gasteiger partial charge in [-0.25, -0.2) is 14.2 Å². The summed E-state index contributed by atoms with van der Waals surface area (Å²) in [5, 5.41) is 12.2. The van der Waals surface area contributed by atoms with Crippen molar-refractivity contribution in [2.75, 3.05) is 12.4 Å². The molecule has 1 heterocycles. The summed E-state index contributed by atoms with van der Waals surface area (Å²) in [6.07, 6.45) is -4.73. The lowest BCUT2D eigenvalue weighted by Crippen LogP contribution is -2.44. The summed E-state index contributed by atoms with van der Waals surface area (Å²) >= 11 is 5.90. The van der Waals surface area contributed by atoms with Crippen molar-refractivity contribution in [2.24, 2.45) is 5.92 Å². The fourth-order valence-corrected chi connectivity index (χ4v) is 3.31. The van der Waals surface area contributed by atoms with E-state index < -0.39 is 47.3 Å². The molecular formula is C22H20ClF3N4O5. The topological polar surface area (TPSA) is 115 Å². The van der Waals surface area contributed by atoms with Gasteiger partial charge in [-0.2, -0.15) is 18.2 Å². The molecule has 0 aliphatic carbocycles. The number of nitrogens with one attached hydrogen (secondary N) is 1. The lowest BCUT2D eigenvalue weighted by molar-refractivity contribution is -0.141. The molecule has 0 saturated carbocycles. The first-order chi connectivity index (χ1) is 16.4. The minimum absolute atomic E-state index is 0.106. The molecule has 0 aliphatic heterocycles. The zero-order chi connectivity index (χ0) is 25.9. The molecule has 3 aromatic rings. The first-order valence-electron chi connectivity index (χ1n) is 10.1. The first-order valence-corrected chi connectivity index (χ1v) is 10.5. The zero-order valence-electron chi connectivity index (χ0n) is 18.5. The number of ether oxygens (including phenoxy) is 1. The third-order valence-electron chi connectivity index (χ3n) is 5.04. The number of methoxy groups -OCH3 is 1. The Bertz CT molecular complexity index is 1350. The van der Waals surface area contributed by atoms with Gasteiger partial charge in [0.1, 0.15) is 5.75 Å². The van der Waals surface area contributed by atoms with Crippen LogP contribution in [0.15, 0.2) is 52.1 Å².